The maximum absolute atomic E-state index is 6.17. The summed E-state index contributed by atoms with van der Waals surface area (Å²) in [6, 6.07) is 5.89. The van der Waals surface area contributed by atoms with Crippen LogP contribution in [0, 0.1) is 5.92 Å². The van der Waals surface area contributed by atoms with Crippen molar-refractivity contribution in [3.8, 4) is 0 Å². The summed E-state index contributed by atoms with van der Waals surface area (Å²) in [6.45, 7) is 8.49. The molecule has 0 saturated carbocycles. The number of hydrogen-bond donors (Lipinski definition) is 2. The third-order valence-corrected chi connectivity index (χ3v) is 4.65. The second kappa shape index (κ2) is 5.58. The van der Waals surface area contributed by atoms with Gasteiger partial charge in [-0.2, -0.15) is 0 Å². The van der Waals surface area contributed by atoms with Crippen molar-refractivity contribution in [2.75, 3.05) is 0 Å². The van der Waals surface area contributed by atoms with Gasteiger partial charge in [0.2, 0.25) is 0 Å². The molecule has 1 aromatic rings. The van der Waals surface area contributed by atoms with E-state index in [1.165, 1.54) is 0 Å². The van der Waals surface area contributed by atoms with E-state index in [-0.39, 0.29) is 23.2 Å². The Hall–Kier alpha value is -0.130. The first-order valence-corrected chi connectivity index (χ1v) is 7.94. The van der Waals surface area contributed by atoms with Gasteiger partial charge in [0.1, 0.15) is 0 Å². The van der Waals surface area contributed by atoms with E-state index in [1.807, 2.05) is 12.1 Å². The van der Waals surface area contributed by atoms with Crippen LogP contribution in [0.4, 0.5) is 0 Å². The fraction of sp³-hybridized carbons (Fsp3) is 0.600. The standard InChI is InChI=1S/C15H22BrClN2O/c1-14(2)8-12(15(3,4)20-14)13(19-18)9-5-10(16)7-11(17)6-9/h5-7,12-13,19H,8,18H2,1-4H3. The zero-order valence-electron chi connectivity index (χ0n) is 12.3. The van der Waals surface area contributed by atoms with Gasteiger partial charge in [0, 0.05) is 15.4 Å². The molecule has 0 aromatic heterocycles. The number of halogens is 2. The van der Waals surface area contributed by atoms with E-state index in [0.29, 0.717) is 5.02 Å². The zero-order chi connectivity index (χ0) is 15.1. The van der Waals surface area contributed by atoms with Gasteiger partial charge >= 0.3 is 0 Å². The number of rotatable bonds is 3. The van der Waals surface area contributed by atoms with Crippen LogP contribution >= 0.6 is 27.5 Å². The van der Waals surface area contributed by atoms with Crippen LogP contribution in [-0.2, 0) is 4.74 Å². The third kappa shape index (κ3) is 3.37. The summed E-state index contributed by atoms with van der Waals surface area (Å²) in [5, 5.41) is 0.700. The van der Waals surface area contributed by atoms with Gasteiger partial charge in [-0.3, -0.25) is 11.3 Å². The maximum Gasteiger partial charge on any atom is 0.0681 e. The monoisotopic (exact) mass is 360 g/mol. The number of hydrogen-bond acceptors (Lipinski definition) is 3. The van der Waals surface area contributed by atoms with Gasteiger partial charge in [0.05, 0.1) is 17.2 Å². The Bertz CT molecular complexity index is 484. The van der Waals surface area contributed by atoms with Crippen LogP contribution in [0.25, 0.3) is 0 Å². The first kappa shape index (κ1) is 16.2. The highest BCUT2D eigenvalue weighted by Gasteiger charge is 2.49. The molecule has 1 aliphatic heterocycles. The molecule has 1 fully saturated rings. The molecule has 3 N–H and O–H groups in total. The first-order chi connectivity index (χ1) is 9.14. The normalized spacial score (nSPS) is 25.6. The molecule has 112 valence electrons. The smallest absolute Gasteiger partial charge is 0.0681 e. The molecule has 0 spiro atoms. The van der Waals surface area contributed by atoms with Crippen molar-refractivity contribution in [1.29, 1.82) is 0 Å². The average molecular weight is 362 g/mol. The summed E-state index contributed by atoms with van der Waals surface area (Å²) in [6.07, 6.45) is 0.943. The van der Waals surface area contributed by atoms with Gasteiger partial charge in [-0.1, -0.05) is 27.5 Å². The third-order valence-electron chi connectivity index (χ3n) is 3.97. The molecule has 1 aromatic carbocycles. The first-order valence-electron chi connectivity index (χ1n) is 6.77. The molecular formula is C15H22BrClN2O. The molecular weight excluding hydrogens is 340 g/mol. The lowest BCUT2D eigenvalue weighted by atomic mass is 9.79. The minimum Gasteiger partial charge on any atom is -0.369 e. The Morgan fingerprint density at radius 3 is 2.45 bits per heavy atom. The Morgan fingerprint density at radius 1 is 1.35 bits per heavy atom. The van der Waals surface area contributed by atoms with Crippen LogP contribution in [0.15, 0.2) is 22.7 Å². The molecule has 5 heteroatoms. The van der Waals surface area contributed by atoms with Crippen molar-refractivity contribution in [2.24, 2.45) is 11.8 Å². The van der Waals surface area contributed by atoms with Crippen LogP contribution in [-0.4, -0.2) is 11.2 Å². The largest absolute Gasteiger partial charge is 0.369 e. The van der Waals surface area contributed by atoms with Crippen molar-refractivity contribution < 1.29 is 4.74 Å². The number of nitrogens with one attached hydrogen (secondary N) is 1. The predicted molar refractivity (Wildman–Crippen MR) is 86.6 cm³/mol. The zero-order valence-corrected chi connectivity index (χ0v) is 14.7. The molecule has 1 aliphatic rings. The van der Waals surface area contributed by atoms with E-state index in [0.717, 1.165) is 16.5 Å². The molecule has 0 amide bonds. The Morgan fingerprint density at radius 2 is 2.00 bits per heavy atom. The molecule has 1 heterocycles. The molecule has 2 unspecified atom stereocenters. The number of hydrazine groups is 1. The van der Waals surface area contributed by atoms with Crippen LogP contribution < -0.4 is 11.3 Å². The summed E-state index contributed by atoms with van der Waals surface area (Å²) in [7, 11) is 0. The SMILES string of the molecule is CC1(C)CC(C(NN)c2cc(Cl)cc(Br)c2)C(C)(C)O1. The summed E-state index contributed by atoms with van der Waals surface area (Å²) in [4.78, 5) is 0. The lowest BCUT2D eigenvalue weighted by molar-refractivity contribution is -0.0779. The van der Waals surface area contributed by atoms with Crippen molar-refractivity contribution in [3.05, 3.63) is 33.3 Å². The summed E-state index contributed by atoms with van der Waals surface area (Å²) >= 11 is 9.64. The fourth-order valence-electron chi connectivity index (χ4n) is 3.32. The van der Waals surface area contributed by atoms with Crippen LogP contribution in [0.5, 0.6) is 0 Å². The summed E-state index contributed by atoms with van der Waals surface area (Å²) in [5.41, 5.74) is 3.64. The summed E-state index contributed by atoms with van der Waals surface area (Å²) < 4.78 is 7.13. The van der Waals surface area contributed by atoms with Gasteiger partial charge in [-0.25, -0.2) is 0 Å². The predicted octanol–water partition coefficient (Wildman–Crippen LogP) is 4.20. The molecule has 1 saturated heterocycles. The molecule has 3 nitrogen and oxygen atoms in total. The Balaban J connectivity index is 2.37. The highest BCUT2D eigenvalue weighted by Crippen LogP contribution is 2.47. The minimum atomic E-state index is -0.241. The van der Waals surface area contributed by atoms with Crippen LogP contribution in [0.1, 0.15) is 45.7 Å². The van der Waals surface area contributed by atoms with E-state index in [9.17, 15) is 0 Å². The van der Waals surface area contributed by atoms with Gasteiger partial charge in [-0.05, 0) is 57.9 Å². The van der Waals surface area contributed by atoms with Crippen LogP contribution in [0.2, 0.25) is 5.02 Å². The number of nitrogens with two attached hydrogens (primary N) is 1. The molecule has 0 bridgehead atoms. The van der Waals surface area contributed by atoms with E-state index in [2.05, 4.69) is 55.1 Å². The van der Waals surface area contributed by atoms with Gasteiger partial charge < -0.3 is 4.74 Å². The van der Waals surface area contributed by atoms with E-state index in [4.69, 9.17) is 22.2 Å². The number of ether oxygens (including phenoxy) is 1. The van der Waals surface area contributed by atoms with E-state index >= 15 is 0 Å². The van der Waals surface area contributed by atoms with E-state index in [1.54, 1.807) is 0 Å². The summed E-state index contributed by atoms with van der Waals surface area (Å²) in [5.74, 6) is 6.10. The van der Waals surface area contributed by atoms with Crippen molar-refractivity contribution >= 4 is 27.5 Å². The molecule has 2 rings (SSSR count). The molecule has 0 aliphatic carbocycles. The maximum atomic E-state index is 6.17. The van der Waals surface area contributed by atoms with E-state index < -0.39 is 0 Å². The lowest BCUT2D eigenvalue weighted by Crippen LogP contribution is -2.41. The Labute approximate surface area is 134 Å². The van der Waals surface area contributed by atoms with Crippen molar-refractivity contribution in [2.45, 2.75) is 51.4 Å². The minimum absolute atomic E-state index is 0.00164. The Kier molecular flexibility index (Phi) is 4.53. The second-order valence-electron chi connectivity index (χ2n) is 6.62. The lowest BCUT2D eigenvalue weighted by Gasteiger charge is -2.33. The van der Waals surface area contributed by atoms with Crippen molar-refractivity contribution in [1.82, 2.24) is 5.43 Å². The fourth-order valence-corrected chi connectivity index (χ4v) is 4.21. The highest BCUT2D eigenvalue weighted by atomic mass is 79.9. The quantitative estimate of drug-likeness (QED) is 0.626. The molecule has 20 heavy (non-hydrogen) atoms. The number of benzene rings is 1. The van der Waals surface area contributed by atoms with Gasteiger partial charge in [0.25, 0.3) is 0 Å². The van der Waals surface area contributed by atoms with Gasteiger partial charge in [0.15, 0.2) is 0 Å². The van der Waals surface area contributed by atoms with Crippen LogP contribution in [0.3, 0.4) is 0 Å². The molecule has 0 radical (unpaired) electrons. The average Bonchev–Trinajstić information content (AvgIpc) is 2.46. The molecule has 2 atom stereocenters. The second-order valence-corrected chi connectivity index (χ2v) is 7.98. The van der Waals surface area contributed by atoms with Gasteiger partial charge in [-0.15, -0.1) is 0 Å². The van der Waals surface area contributed by atoms with Crippen molar-refractivity contribution in [3.63, 3.8) is 0 Å². The topological polar surface area (TPSA) is 47.3 Å². The highest BCUT2D eigenvalue weighted by molar-refractivity contribution is 9.10.